The van der Waals surface area contributed by atoms with E-state index in [0.29, 0.717) is 17.3 Å². The summed E-state index contributed by atoms with van der Waals surface area (Å²) in [5, 5.41) is 2.30. The molecule has 0 saturated carbocycles. The number of methoxy groups -OCH3 is 1. The van der Waals surface area contributed by atoms with Gasteiger partial charge < -0.3 is 13.9 Å². The summed E-state index contributed by atoms with van der Waals surface area (Å²) in [5.74, 6) is 0.515. The number of amides is 2. The van der Waals surface area contributed by atoms with Gasteiger partial charge in [0, 0.05) is 6.08 Å². The monoisotopic (exact) mass is 375 g/mol. The Morgan fingerprint density at radius 3 is 2.62 bits per heavy atom. The van der Waals surface area contributed by atoms with Crippen LogP contribution in [0.5, 0.6) is 11.5 Å². The first kappa shape index (κ1) is 19.0. The number of hydrogen-bond acceptors (Lipinski definition) is 6. The molecule has 3 N–H and O–H groups in total. The van der Waals surface area contributed by atoms with E-state index < -0.39 is 11.8 Å². The number of thiocarbonyl (C=S) groups is 1. The second-order valence-electron chi connectivity index (χ2n) is 4.78. The lowest BCUT2D eigenvalue weighted by Crippen LogP contribution is -2.49. The molecule has 0 unspecified atom stereocenters. The van der Waals surface area contributed by atoms with Crippen molar-refractivity contribution < 1.29 is 23.5 Å². The van der Waals surface area contributed by atoms with Crippen LogP contribution in [-0.4, -0.2) is 30.6 Å². The molecule has 8 nitrogen and oxygen atoms in total. The van der Waals surface area contributed by atoms with E-state index in [2.05, 4.69) is 16.2 Å². The summed E-state index contributed by atoms with van der Waals surface area (Å²) in [5.41, 5.74) is 4.71. The number of nitrogens with one attached hydrogen (secondary N) is 3. The molecular formula is C17H17N3O5S. The van der Waals surface area contributed by atoms with E-state index in [0.717, 1.165) is 0 Å². The van der Waals surface area contributed by atoms with Gasteiger partial charge in [0.15, 0.2) is 23.2 Å². The molecule has 2 aromatic rings. The van der Waals surface area contributed by atoms with E-state index in [1.54, 1.807) is 36.4 Å². The number of rotatable bonds is 6. The lowest BCUT2D eigenvalue weighted by molar-refractivity contribution is -0.123. The Bertz CT molecular complexity index is 789. The van der Waals surface area contributed by atoms with Crippen LogP contribution in [0, 0.1) is 0 Å². The fourth-order valence-electron chi connectivity index (χ4n) is 1.77. The molecule has 2 rings (SSSR count). The van der Waals surface area contributed by atoms with Gasteiger partial charge in [-0.15, -0.1) is 0 Å². The van der Waals surface area contributed by atoms with E-state index in [1.807, 2.05) is 0 Å². The van der Waals surface area contributed by atoms with Gasteiger partial charge in [0.2, 0.25) is 5.91 Å². The van der Waals surface area contributed by atoms with Gasteiger partial charge in [-0.25, -0.2) is 0 Å². The number of carbonyl (C=O) groups excluding carboxylic acids is 2. The molecule has 0 saturated heterocycles. The van der Waals surface area contributed by atoms with Crippen LogP contribution in [0.4, 0.5) is 0 Å². The smallest absolute Gasteiger partial charge is 0.276 e. The Hall–Kier alpha value is -3.33. The number of para-hydroxylation sites is 2. The highest BCUT2D eigenvalue weighted by atomic mass is 32.1. The summed E-state index contributed by atoms with van der Waals surface area (Å²) >= 11 is 4.90. The number of hydrogen-bond donors (Lipinski definition) is 3. The van der Waals surface area contributed by atoms with Crippen LogP contribution in [0.3, 0.4) is 0 Å². The summed E-state index contributed by atoms with van der Waals surface area (Å²) in [6.45, 7) is -0.262. The minimum atomic E-state index is -0.487. The van der Waals surface area contributed by atoms with Crippen molar-refractivity contribution in [1.29, 1.82) is 0 Å². The van der Waals surface area contributed by atoms with E-state index in [-0.39, 0.29) is 11.7 Å². The first-order chi connectivity index (χ1) is 12.6. The molecule has 0 aliphatic heterocycles. The molecule has 0 spiro atoms. The predicted molar refractivity (Wildman–Crippen MR) is 98.3 cm³/mol. The first-order valence-corrected chi connectivity index (χ1v) is 7.86. The lowest BCUT2D eigenvalue weighted by atomic mass is 10.3. The molecule has 9 heteroatoms. The first-order valence-electron chi connectivity index (χ1n) is 7.45. The molecule has 1 aromatic heterocycles. The molecule has 1 aromatic carbocycles. The molecule has 0 atom stereocenters. The summed E-state index contributed by atoms with van der Waals surface area (Å²) in [7, 11) is 1.51. The van der Waals surface area contributed by atoms with Crippen LogP contribution >= 0.6 is 12.2 Å². The van der Waals surface area contributed by atoms with Gasteiger partial charge in [0.05, 0.1) is 13.4 Å². The standard InChI is InChI=1S/C17H17N3O5S/c1-23-13-6-2-3-7-14(13)25-11-16(22)19-20-17(26)18-15(21)9-8-12-5-4-10-24-12/h2-10H,11H2,1H3,(H,19,22)(H2,18,20,21,26)/b9-8+. The third kappa shape index (κ3) is 6.29. The average molecular weight is 375 g/mol. The third-order valence-corrected chi connectivity index (χ3v) is 3.13. The summed E-state index contributed by atoms with van der Waals surface area (Å²) in [6, 6.07) is 10.3. The average Bonchev–Trinajstić information content (AvgIpc) is 3.17. The number of hydrazine groups is 1. The zero-order valence-corrected chi connectivity index (χ0v) is 14.7. The number of furan rings is 1. The van der Waals surface area contributed by atoms with E-state index >= 15 is 0 Å². The van der Waals surface area contributed by atoms with Gasteiger partial charge in [-0.1, -0.05) is 12.1 Å². The number of carbonyl (C=O) groups is 2. The molecule has 26 heavy (non-hydrogen) atoms. The maximum absolute atomic E-state index is 11.7. The molecule has 0 aliphatic carbocycles. The van der Waals surface area contributed by atoms with Crippen LogP contribution in [0.25, 0.3) is 6.08 Å². The highest BCUT2D eigenvalue weighted by molar-refractivity contribution is 7.80. The van der Waals surface area contributed by atoms with Crippen LogP contribution in [0.1, 0.15) is 5.76 Å². The SMILES string of the molecule is COc1ccccc1OCC(=O)NNC(=S)NC(=O)/C=C/c1ccco1. The minimum Gasteiger partial charge on any atom is -0.493 e. The van der Waals surface area contributed by atoms with Crippen molar-refractivity contribution >= 4 is 35.2 Å². The summed E-state index contributed by atoms with van der Waals surface area (Å²) in [6.07, 6.45) is 4.23. The van der Waals surface area contributed by atoms with Crippen LogP contribution in [0.2, 0.25) is 0 Å². The second kappa shape index (κ2) is 9.84. The van der Waals surface area contributed by atoms with Crippen molar-refractivity contribution in [3.8, 4) is 11.5 Å². The van der Waals surface area contributed by atoms with E-state index in [4.69, 9.17) is 26.1 Å². The van der Waals surface area contributed by atoms with E-state index in [1.165, 1.54) is 25.5 Å². The Kier molecular flexibility index (Phi) is 7.19. The fraction of sp³-hybridized carbons (Fsp3) is 0.118. The van der Waals surface area contributed by atoms with Crippen molar-refractivity contribution in [2.24, 2.45) is 0 Å². The molecule has 0 aliphatic rings. The Balaban J connectivity index is 1.69. The maximum Gasteiger partial charge on any atom is 0.276 e. The van der Waals surface area contributed by atoms with Crippen molar-refractivity contribution in [2.45, 2.75) is 0 Å². The Morgan fingerprint density at radius 2 is 1.92 bits per heavy atom. The fourth-order valence-corrected chi connectivity index (χ4v) is 1.92. The van der Waals surface area contributed by atoms with Gasteiger partial charge >= 0.3 is 0 Å². The van der Waals surface area contributed by atoms with Crippen LogP contribution < -0.4 is 25.6 Å². The molecule has 136 valence electrons. The topological polar surface area (TPSA) is 102 Å². The van der Waals surface area contributed by atoms with Gasteiger partial charge in [0.25, 0.3) is 5.91 Å². The highest BCUT2D eigenvalue weighted by Gasteiger charge is 2.07. The molecular weight excluding hydrogens is 358 g/mol. The van der Waals surface area contributed by atoms with Crippen LogP contribution in [-0.2, 0) is 9.59 Å². The summed E-state index contributed by atoms with van der Waals surface area (Å²) in [4.78, 5) is 23.4. The lowest BCUT2D eigenvalue weighted by Gasteiger charge is -2.12. The quantitative estimate of drug-likeness (QED) is 0.398. The Morgan fingerprint density at radius 1 is 1.15 bits per heavy atom. The minimum absolute atomic E-state index is 0.0651. The van der Waals surface area contributed by atoms with E-state index in [9.17, 15) is 9.59 Å². The van der Waals surface area contributed by atoms with Gasteiger partial charge in [0.1, 0.15) is 5.76 Å². The number of benzene rings is 1. The predicted octanol–water partition coefficient (Wildman–Crippen LogP) is 1.40. The molecule has 2 amide bonds. The van der Waals surface area contributed by atoms with Crippen LogP contribution in [0.15, 0.2) is 53.2 Å². The van der Waals surface area contributed by atoms with Crippen molar-refractivity contribution in [2.75, 3.05) is 13.7 Å². The largest absolute Gasteiger partial charge is 0.493 e. The molecule has 0 bridgehead atoms. The zero-order valence-electron chi connectivity index (χ0n) is 13.9. The molecule has 0 fully saturated rings. The van der Waals surface area contributed by atoms with Crippen molar-refractivity contribution in [3.63, 3.8) is 0 Å². The van der Waals surface area contributed by atoms with Crippen molar-refractivity contribution in [3.05, 3.63) is 54.5 Å². The second-order valence-corrected chi connectivity index (χ2v) is 5.19. The highest BCUT2D eigenvalue weighted by Crippen LogP contribution is 2.25. The zero-order chi connectivity index (χ0) is 18.8. The maximum atomic E-state index is 11.7. The molecule has 0 radical (unpaired) electrons. The number of ether oxygens (including phenoxy) is 2. The third-order valence-electron chi connectivity index (χ3n) is 2.92. The van der Waals surface area contributed by atoms with Gasteiger partial charge in [-0.05, 0) is 42.6 Å². The normalized spacial score (nSPS) is 10.2. The van der Waals surface area contributed by atoms with Crippen molar-refractivity contribution in [1.82, 2.24) is 16.2 Å². The van der Waals surface area contributed by atoms with Gasteiger partial charge in [-0.3, -0.25) is 25.8 Å². The Labute approximate surface area is 155 Å². The summed E-state index contributed by atoms with van der Waals surface area (Å²) < 4.78 is 15.5. The molecule has 1 heterocycles. The van der Waals surface area contributed by atoms with Gasteiger partial charge in [-0.2, -0.15) is 0 Å².